The molecule has 2 N–H and O–H groups in total. The Labute approximate surface area is 112 Å². The molecule has 0 radical (unpaired) electrons. The smallest absolute Gasteiger partial charge is 0.274 e. The van der Waals surface area contributed by atoms with Gasteiger partial charge in [-0.1, -0.05) is 25.0 Å². The van der Waals surface area contributed by atoms with Crippen molar-refractivity contribution in [3.63, 3.8) is 0 Å². The summed E-state index contributed by atoms with van der Waals surface area (Å²) in [5, 5.41) is 0. The van der Waals surface area contributed by atoms with Gasteiger partial charge in [-0.2, -0.15) is 0 Å². The Hall–Kier alpha value is -1.16. The minimum atomic E-state index is -2.92. The summed E-state index contributed by atoms with van der Waals surface area (Å²) in [6.45, 7) is 1.33. The number of methoxy groups -OCH3 is 1. The van der Waals surface area contributed by atoms with E-state index in [1.54, 1.807) is 18.2 Å². The second-order valence-electron chi connectivity index (χ2n) is 5.46. The first-order valence-corrected chi connectivity index (χ1v) is 6.70. The Morgan fingerprint density at radius 1 is 1.32 bits per heavy atom. The summed E-state index contributed by atoms with van der Waals surface area (Å²) in [5.74, 6) is -2.67. The van der Waals surface area contributed by atoms with Crippen LogP contribution < -0.4 is 10.5 Å². The molecule has 1 saturated carbocycles. The lowest BCUT2D eigenvalue weighted by molar-refractivity contribution is 0.0129. The number of halogens is 2. The maximum Gasteiger partial charge on any atom is 0.274 e. The van der Waals surface area contributed by atoms with Crippen LogP contribution in [0.2, 0.25) is 0 Å². The molecule has 0 unspecified atom stereocenters. The Bertz CT molecular complexity index is 448. The molecule has 4 heteroatoms. The molecule has 0 aromatic heterocycles. The summed E-state index contributed by atoms with van der Waals surface area (Å²) < 4.78 is 33.1. The van der Waals surface area contributed by atoms with Gasteiger partial charge in [0.1, 0.15) is 5.75 Å². The Morgan fingerprint density at radius 2 is 1.95 bits per heavy atom. The second kappa shape index (κ2) is 5.08. The number of hydrogen-bond acceptors (Lipinski definition) is 2. The monoisotopic (exact) mass is 269 g/mol. The van der Waals surface area contributed by atoms with Gasteiger partial charge in [-0.25, -0.2) is 8.78 Å². The maximum absolute atomic E-state index is 14.0. The molecule has 1 aromatic rings. The molecule has 2 nitrogen and oxygen atoms in total. The fourth-order valence-corrected chi connectivity index (χ4v) is 3.23. The molecule has 1 aliphatic carbocycles. The molecule has 106 valence electrons. The van der Waals surface area contributed by atoms with Crippen molar-refractivity contribution >= 4 is 0 Å². The van der Waals surface area contributed by atoms with Crippen LogP contribution in [0, 0.1) is 0 Å². The average molecular weight is 269 g/mol. The lowest BCUT2D eigenvalue weighted by atomic mass is 9.75. The van der Waals surface area contributed by atoms with Crippen molar-refractivity contribution in [1.29, 1.82) is 0 Å². The van der Waals surface area contributed by atoms with E-state index < -0.39 is 5.92 Å². The van der Waals surface area contributed by atoms with E-state index in [0.717, 1.165) is 32.6 Å². The lowest BCUT2D eigenvalue weighted by Gasteiger charge is -2.32. The van der Waals surface area contributed by atoms with Crippen molar-refractivity contribution < 1.29 is 13.5 Å². The fraction of sp³-hybridized carbons (Fsp3) is 0.600. The third-order valence-electron chi connectivity index (χ3n) is 4.21. The Balaban J connectivity index is 2.62. The first-order chi connectivity index (χ1) is 8.94. The molecular weight excluding hydrogens is 248 g/mol. The van der Waals surface area contributed by atoms with Gasteiger partial charge in [-0.05, 0) is 24.5 Å². The largest absolute Gasteiger partial charge is 0.496 e. The van der Waals surface area contributed by atoms with Crippen molar-refractivity contribution in [2.45, 2.75) is 43.9 Å². The third-order valence-corrected chi connectivity index (χ3v) is 4.21. The summed E-state index contributed by atoms with van der Waals surface area (Å²) >= 11 is 0. The van der Waals surface area contributed by atoms with Crippen LogP contribution in [0.3, 0.4) is 0 Å². The number of ether oxygens (including phenoxy) is 1. The molecule has 2 rings (SSSR count). The molecule has 1 aromatic carbocycles. The van der Waals surface area contributed by atoms with Crippen LogP contribution >= 0.6 is 0 Å². The van der Waals surface area contributed by atoms with Crippen LogP contribution in [-0.4, -0.2) is 13.7 Å². The highest BCUT2D eigenvalue weighted by molar-refractivity contribution is 5.47. The zero-order valence-corrected chi connectivity index (χ0v) is 11.5. The molecule has 0 bridgehead atoms. The van der Waals surface area contributed by atoms with E-state index in [9.17, 15) is 8.78 Å². The van der Waals surface area contributed by atoms with Gasteiger partial charge < -0.3 is 10.5 Å². The van der Waals surface area contributed by atoms with Gasteiger partial charge in [0.25, 0.3) is 5.92 Å². The topological polar surface area (TPSA) is 35.2 Å². The molecule has 0 aliphatic heterocycles. The van der Waals surface area contributed by atoms with Gasteiger partial charge in [0.05, 0.1) is 12.7 Å². The Morgan fingerprint density at radius 3 is 2.42 bits per heavy atom. The highest BCUT2D eigenvalue weighted by Gasteiger charge is 2.42. The lowest BCUT2D eigenvalue weighted by Crippen LogP contribution is -2.34. The van der Waals surface area contributed by atoms with E-state index in [2.05, 4.69) is 0 Å². The summed E-state index contributed by atoms with van der Waals surface area (Å²) in [6.07, 6.45) is 3.84. The van der Waals surface area contributed by atoms with E-state index in [0.29, 0.717) is 12.1 Å². The van der Waals surface area contributed by atoms with Crippen molar-refractivity contribution in [3.05, 3.63) is 29.3 Å². The van der Waals surface area contributed by atoms with Crippen LogP contribution in [-0.2, 0) is 11.3 Å². The number of nitrogens with two attached hydrogens (primary N) is 1. The molecule has 0 atom stereocenters. The number of alkyl halides is 2. The zero-order valence-electron chi connectivity index (χ0n) is 11.5. The summed E-state index contributed by atoms with van der Waals surface area (Å²) in [4.78, 5) is 0. The first kappa shape index (κ1) is 14.3. The highest BCUT2D eigenvalue weighted by Crippen LogP contribution is 2.47. The molecule has 19 heavy (non-hydrogen) atoms. The van der Waals surface area contributed by atoms with Crippen LogP contribution in [0.4, 0.5) is 8.78 Å². The van der Waals surface area contributed by atoms with E-state index in [4.69, 9.17) is 10.5 Å². The predicted molar refractivity (Wildman–Crippen MR) is 71.8 cm³/mol. The van der Waals surface area contributed by atoms with Crippen molar-refractivity contribution in [2.24, 2.45) is 5.73 Å². The van der Waals surface area contributed by atoms with Crippen LogP contribution in [0.15, 0.2) is 18.2 Å². The third kappa shape index (κ3) is 2.46. The van der Waals surface area contributed by atoms with E-state index in [1.807, 2.05) is 0 Å². The number of benzene rings is 1. The SMILES string of the molecule is COc1cccc(C2(CN)CCCC2)c1C(C)(F)F. The second-order valence-corrected chi connectivity index (χ2v) is 5.46. The average Bonchev–Trinajstić information content (AvgIpc) is 2.86. The summed E-state index contributed by atoms with van der Waals surface area (Å²) in [6, 6.07) is 5.15. The van der Waals surface area contributed by atoms with E-state index in [1.165, 1.54) is 7.11 Å². The highest BCUT2D eigenvalue weighted by atomic mass is 19.3. The van der Waals surface area contributed by atoms with Crippen molar-refractivity contribution in [3.8, 4) is 5.75 Å². The Kier molecular flexibility index (Phi) is 3.81. The quantitative estimate of drug-likeness (QED) is 0.906. The van der Waals surface area contributed by atoms with Crippen LogP contribution in [0.5, 0.6) is 5.75 Å². The standard InChI is InChI=1S/C15H21F2NO/c1-14(16,17)13-11(6-5-7-12(13)19-2)15(10-18)8-3-4-9-15/h5-7H,3-4,8-10,18H2,1-2H3. The van der Waals surface area contributed by atoms with E-state index in [-0.39, 0.29) is 16.7 Å². The molecule has 1 aliphatic rings. The summed E-state index contributed by atoms with van der Waals surface area (Å²) in [5.41, 5.74) is 6.27. The van der Waals surface area contributed by atoms with Gasteiger partial charge in [0.15, 0.2) is 0 Å². The maximum atomic E-state index is 14.0. The molecule has 1 fully saturated rings. The van der Waals surface area contributed by atoms with Gasteiger partial charge in [-0.15, -0.1) is 0 Å². The zero-order chi connectivity index (χ0) is 14.1. The van der Waals surface area contributed by atoms with E-state index >= 15 is 0 Å². The summed E-state index contributed by atoms with van der Waals surface area (Å²) in [7, 11) is 1.43. The number of hydrogen-bond donors (Lipinski definition) is 1. The van der Waals surface area contributed by atoms with Crippen molar-refractivity contribution in [1.82, 2.24) is 0 Å². The predicted octanol–water partition coefficient (Wildman–Crippen LogP) is 3.58. The molecule has 0 heterocycles. The van der Waals surface area contributed by atoms with Gasteiger partial charge in [0.2, 0.25) is 0 Å². The molecule has 0 saturated heterocycles. The van der Waals surface area contributed by atoms with Crippen LogP contribution in [0.25, 0.3) is 0 Å². The minimum absolute atomic E-state index is 0.00449. The molecule has 0 amide bonds. The van der Waals surface area contributed by atoms with Gasteiger partial charge in [-0.3, -0.25) is 0 Å². The van der Waals surface area contributed by atoms with Crippen LogP contribution in [0.1, 0.15) is 43.7 Å². The van der Waals surface area contributed by atoms with Gasteiger partial charge >= 0.3 is 0 Å². The molecular formula is C15H21F2NO. The fourth-order valence-electron chi connectivity index (χ4n) is 3.23. The first-order valence-electron chi connectivity index (χ1n) is 6.70. The van der Waals surface area contributed by atoms with Crippen molar-refractivity contribution in [2.75, 3.05) is 13.7 Å². The van der Waals surface area contributed by atoms with Gasteiger partial charge in [0, 0.05) is 18.9 Å². The molecule has 0 spiro atoms. The normalized spacial score (nSPS) is 18.6. The number of rotatable bonds is 4. The minimum Gasteiger partial charge on any atom is -0.496 e.